The summed E-state index contributed by atoms with van der Waals surface area (Å²) in [4.78, 5) is 24.4. The first kappa shape index (κ1) is 20.9. The first-order valence-corrected chi connectivity index (χ1v) is 11.1. The van der Waals surface area contributed by atoms with Gasteiger partial charge in [-0.3, -0.25) is 4.79 Å². The smallest absolute Gasteiger partial charge is 0.338 e. The predicted molar refractivity (Wildman–Crippen MR) is 116 cm³/mol. The molecule has 1 N–H and O–H groups in total. The Balaban J connectivity index is 1.55. The van der Waals surface area contributed by atoms with Crippen LogP contribution >= 0.6 is 35.1 Å². The molecule has 0 unspecified atom stereocenters. The van der Waals surface area contributed by atoms with Crippen LogP contribution in [0.3, 0.4) is 0 Å². The molecule has 0 bridgehead atoms. The summed E-state index contributed by atoms with van der Waals surface area (Å²) in [6, 6.07) is 10.7. The number of hydrogen-bond donors (Lipinski definition) is 1. The van der Waals surface area contributed by atoms with Crippen molar-refractivity contribution < 1.29 is 19.1 Å². The van der Waals surface area contributed by atoms with Gasteiger partial charge in [0.15, 0.2) is 6.61 Å². The van der Waals surface area contributed by atoms with E-state index >= 15 is 0 Å². The van der Waals surface area contributed by atoms with E-state index in [-0.39, 0.29) is 6.61 Å². The number of rotatable bonds is 6. The first-order chi connectivity index (χ1) is 13.5. The highest BCUT2D eigenvalue weighted by atomic mass is 35.5. The largest absolute Gasteiger partial charge is 0.495 e. The van der Waals surface area contributed by atoms with Crippen LogP contribution in [0.4, 0.5) is 5.69 Å². The van der Waals surface area contributed by atoms with E-state index in [1.54, 1.807) is 24.3 Å². The fraction of sp³-hybridized carbons (Fsp3) is 0.300. The second-order valence-corrected chi connectivity index (χ2v) is 9.25. The highest BCUT2D eigenvalue weighted by molar-refractivity contribution is 8.19. The minimum absolute atomic E-state index is 0.389. The lowest BCUT2D eigenvalue weighted by molar-refractivity contribution is -0.119. The monoisotopic (exact) mass is 437 g/mol. The van der Waals surface area contributed by atoms with Crippen LogP contribution in [-0.2, 0) is 9.53 Å². The summed E-state index contributed by atoms with van der Waals surface area (Å²) in [6.45, 7) is 1.43. The Morgan fingerprint density at radius 3 is 2.50 bits per heavy atom. The Labute approximate surface area is 177 Å². The van der Waals surface area contributed by atoms with Gasteiger partial charge in [0, 0.05) is 22.6 Å². The minimum atomic E-state index is -0.535. The molecule has 28 heavy (non-hydrogen) atoms. The van der Waals surface area contributed by atoms with Gasteiger partial charge in [-0.2, -0.15) is 0 Å². The van der Waals surface area contributed by atoms with Crippen LogP contribution in [0.2, 0.25) is 5.02 Å². The van der Waals surface area contributed by atoms with Gasteiger partial charge in [0.05, 0.1) is 22.9 Å². The van der Waals surface area contributed by atoms with E-state index in [0.29, 0.717) is 26.6 Å². The lowest BCUT2D eigenvalue weighted by atomic mass is 10.1. The van der Waals surface area contributed by atoms with Crippen molar-refractivity contribution in [2.75, 3.05) is 30.5 Å². The first-order valence-electron chi connectivity index (χ1n) is 8.62. The molecule has 5 nitrogen and oxygen atoms in total. The third kappa shape index (κ3) is 5.16. The third-order valence-electron chi connectivity index (χ3n) is 4.13. The maximum atomic E-state index is 12.2. The Hall–Kier alpha value is -1.83. The predicted octanol–water partition coefficient (Wildman–Crippen LogP) is 4.93. The molecule has 0 aromatic heterocycles. The van der Waals surface area contributed by atoms with Crippen LogP contribution < -0.4 is 10.1 Å². The number of hydrogen-bond acceptors (Lipinski definition) is 6. The second kappa shape index (κ2) is 9.58. The van der Waals surface area contributed by atoms with Crippen LogP contribution in [0.25, 0.3) is 0 Å². The van der Waals surface area contributed by atoms with Crippen molar-refractivity contribution >= 4 is 52.7 Å². The average Bonchev–Trinajstić information content (AvgIpc) is 3.23. The summed E-state index contributed by atoms with van der Waals surface area (Å²) in [6.07, 6.45) is 0. The van der Waals surface area contributed by atoms with Crippen molar-refractivity contribution in [1.82, 2.24) is 0 Å². The van der Waals surface area contributed by atoms with Gasteiger partial charge in [0.2, 0.25) is 0 Å². The van der Waals surface area contributed by atoms with E-state index in [1.807, 2.05) is 42.6 Å². The van der Waals surface area contributed by atoms with Crippen molar-refractivity contribution in [2.45, 2.75) is 11.5 Å². The molecule has 148 valence electrons. The van der Waals surface area contributed by atoms with Crippen molar-refractivity contribution in [3.8, 4) is 5.75 Å². The third-order valence-corrected chi connectivity index (χ3v) is 7.64. The Kier molecular flexibility index (Phi) is 7.15. The molecule has 3 rings (SSSR count). The van der Waals surface area contributed by atoms with Gasteiger partial charge in [-0.1, -0.05) is 23.7 Å². The zero-order chi connectivity index (χ0) is 20.1. The van der Waals surface area contributed by atoms with E-state index < -0.39 is 11.9 Å². The fourth-order valence-electron chi connectivity index (χ4n) is 2.66. The summed E-state index contributed by atoms with van der Waals surface area (Å²) >= 11 is 9.87. The number of carbonyl (C=O) groups is 2. The number of benzene rings is 2. The molecule has 0 aliphatic carbocycles. The number of ether oxygens (including phenoxy) is 2. The number of amides is 1. The van der Waals surface area contributed by atoms with Gasteiger partial charge in [-0.05, 0) is 36.2 Å². The summed E-state index contributed by atoms with van der Waals surface area (Å²) in [5.74, 6) is 1.74. The summed E-state index contributed by atoms with van der Waals surface area (Å²) in [5.41, 5.74) is 2.88. The Morgan fingerprint density at radius 1 is 1.18 bits per heavy atom. The van der Waals surface area contributed by atoms with E-state index in [1.165, 1.54) is 12.7 Å². The van der Waals surface area contributed by atoms with Crippen LogP contribution in [0.5, 0.6) is 5.75 Å². The molecule has 2 aromatic rings. The molecule has 1 fully saturated rings. The van der Waals surface area contributed by atoms with Gasteiger partial charge >= 0.3 is 5.97 Å². The highest BCUT2D eigenvalue weighted by Gasteiger charge is 2.19. The van der Waals surface area contributed by atoms with Crippen LogP contribution in [0.1, 0.15) is 26.1 Å². The standard InChI is InChI=1S/C20H20ClNO4S2/c1-12-9-16(17(25-2)10-15(12)21)22-18(23)11-26-19(24)13-3-5-14(6-4-13)20-27-7-8-28-20/h3-6,9-10,20H,7-8,11H2,1-2H3,(H,22,23). The molecule has 2 aromatic carbocycles. The molecule has 1 aliphatic rings. The van der Waals surface area contributed by atoms with E-state index in [4.69, 9.17) is 21.1 Å². The summed E-state index contributed by atoms with van der Waals surface area (Å²) in [7, 11) is 1.49. The molecule has 1 amide bonds. The maximum Gasteiger partial charge on any atom is 0.338 e. The van der Waals surface area contributed by atoms with Gasteiger partial charge < -0.3 is 14.8 Å². The van der Waals surface area contributed by atoms with Crippen LogP contribution in [0, 0.1) is 6.92 Å². The molecular formula is C20H20ClNO4S2. The molecule has 1 saturated heterocycles. The molecule has 8 heteroatoms. The topological polar surface area (TPSA) is 64.6 Å². The Morgan fingerprint density at radius 2 is 1.86 bits per heavy atom. The molecule has 0 saturated carbocycles. The number of thioether (sulfide) groups is 2. The zero-order valence-corrected chi connectivity index (χ0v) is 17.9. The molecular weight excluding hydrogens is 418 g/mol. The average molecular weight is 438 g/mol. The number of halogens is 1. The van der Waals surface area contributed by atoms with E-state index in [9.17, 15) is 9.59 Å². The fourth-order valence-corrected chi connectivity index (χ4v) is 5.67. The molecule has 1 heterocycles. The van der Waals surface area contributed by atoms with E-state index in [0.717, 1.165) is 17.1 Å². The number of methoxy groups -OCH3 is 1. The lowest BCUT2D eigenvalue weighted by Crippen LogP contribution is -2.21. The van der Waals surface area contributed by atoms with Crippen molar-refractivity contribution in [2.24, 2.45) is 0 Å². The van der Waals surface area contributed by atoms with Gasteiger partial charge in [0.25, 0.3) is 5.91 Å². The number of anilines is 1. The second-order valence-electron chi connectivity index (χ2n) is 6.12. The molecule has 0 atom stereocenters. The van der Waals surface area contributed by atoms with Crippen LogP contribution in [0.15, 0.2) is 36.4 Å². The van der Waals surface area contributed by atoms with Gasteiger partial charge in [-0.15, -0.1) is 23.5 Å². The zero-order valence-electron chi connectivity index (χ0n) is 15.5. The Bertz CT molecular complexity index is 867. The number of carbonyl (C=O) groups excluding carboxylic acids is 2. The normalized spacial score (nSPS) is 14.0. The van der Waals surface area contributed by atoms with Gasteiger partial charge in [-0.25, -0.2) is 4.79 Å². The van der Waals surface area contributed by atoms with Crippen molar-refractivity contribution in [1.29, 1.82) is 0 Å². The van der Waals surface area contributed by atoms with Crippen molar-refractivity contribution in [3.05, 3.63) is 58.1 Å². The lowest BCUT2D eigenvalue weighted by Gasteiger charge is -2.12. The summed E-state index contributed by atoms with van der Waals surface area (Å²) < 4.78 is 10.8. The number of esters is 1. The van der Waals surface area contributed by atoms with Gasteiger partial charge in [0.1, 0.15) is 5.75 Å². The number of aryl methyl sites for hydroxylation is 1. The highest BCUT2D eigenvalue weighted by Crippen LogP contribution is 2.45. The maximum absolute atomic E-state index is 12.2. The van der Waals surface area contributed by atoms with E-state index in [2.05, 4.69) is 5.32 Å². The van der Waals surface area contributed by atoms with Crippen LogP contribution in [-0.4, -0.2) is 37.1 Å². The molecule has 0 spiro atoms. The number of nitrogens with one attached hydrogen (secondary N) is 1. The quantitative estimate of drug-likeness (QED) is 0.646. The minimum Gasteiger partial charge on any atom is -0.495 e. The SMILES string of the molecule is COc1cc(Cl)c(C)cc1NC(=O)COC(=O)c1ccc(C2SCCS2)cc1. The molecule has 0 radical (unpaired) electrons. The molecule has 1 aliphatic heterocycles. The van der Waals surface area contributed by atoms with Crippen molar-refractivity contribution in [3.63, 3.8) is 0 Å². The summed E-state index contributed by atoms with van der Waals surface area (Å²) in [5, 5.41) is 3.22.